The molecule has 1 aliphatic rings. The molecule has 7 nitrogen and oxygen atoms in total. The van der Waals surface area contributed by atoms with Crippen molar-refractivity contribution in [1.82, 2.24) is 20.3 Å². The van der Waals surface area contributed by atoms with Crippen LogP contribution in [0, 0.1) is 12.8 Å². The van der Waals surface area contributed by atoms with Crippen molar-refractivity contribution in [3.8, 4) is 10.6 Å². The van der Waals surface area contributed by atoms with Crippen LogP contribution in [0.15, 0.2) is 24.3 Å². The maximum atomic E-state index is 12.7. The Balaban J connectivity index is 1.63. The van der Waals surface area contributed by atoms with Gasteiger partial charge in [-0.3, -0.25) is 4.79 Å². The molecule has 3 aromatic rings. The zero-order valence-electron chi connectivity index (χ0n) is 18.3. The molecule has 1 saturated carbocycles. The number of benzene rings is 1. The van der Waals surface area contributed by atoms with Gasteiger partial charge in [-0.2, -0.15) is 18.2 Å². The molecule has 2 aromatic heterocycles. The second kappa shape index (κ2) is 9.50. The van der Waals surface area contributed by atoms with Crippen molar-refractivity contribution in [3.63, 3.8) is 0 Å². The number of aromatic nitrogens is 3. The number of amides is 1. The number of nitrogens with one attached hydrogen (secondary N) is 3. The summed E-state index contributed by atoms with van der Waals surface area (Å²) in [5.74, 6) is 0.667. The summed E-state index contributed by atoms with van der Waals surface area (Å²) < 4.78 is 39.2. The zero-order chi connectivity index (χ0) is 23.6. The summed E-state index contributed by atoms with van der Waals surface area (Å²) in [7, 11) is 0. The van der Waals surface area contributed by atoms with Crippen molar-refractivity contribution < 1.29 is 18.0 Å². The minimum atomic E-state index is -4.38. The molecule has 0 radical (unpaired) electrons. The van der Waals surface area contributed by atoms with Crippen molar-refractivity contribution >= 4 is 39.2 Å². The standard InChI is InChI=1S/C22H25F3N6OS/c1-12-18(20-30-16-5-3-4-6-17(16)33-20)19(31-21(28-12)27-11-22(23,24)25)29-15-8-7-14(9-15)10-26-13(2)32/h3-6,14-15H,7-11H2,1-2H3,(H,26,32)(H2,27,28,29,31)/t14-,15+/m1/s1. The Morgan fingerprint density at radius 1 is 1.18 bits per heavy atom. The van der Waals surface area contributed by atoms with Gasteiger partial charge < -0.3 is 16.0 Å². The van der Waals surface area contributed by atoms with Crippen LogP contribution in [0.4, 0.5) is 24.9 Å². The van der Waals surface area contributed by atoms with E-state index in [2.05, 4.69) is 25.9 Å². The number of carbonyl (C=O) groups is 1. The first-order valence-electron chi connectivity index (χ1n) is 10.7. The topological polar surface area (TPSA) is 91.8 Å². The SMILES string of the molecule is CC(=O)NC[C@@H]1CC[C@H](Nc2nc(NCC(F)(F)F)nc(C)c2-c2nc3ccccc3s2)C1. The summed E-state index contributed by atoms with van der Waals surface area (Å²) in [6, 6.07) is 7.82. The highest BCUT2D eigenvalue weighted by atomic mass is 32.1. The molecule has 11 heteroatoms. The van der Waals surface area contributed by atoms with E-state index in [0.717, 1.165) is 29.5 Å². The number of halogens is 3. The van der Waals surface area contributed by atoms with Gasteiger partial charge in [0.05, 0.1) is 21.5 Å². The van der Waals surface area contributed by atoms with Crippen LogP contribution < -0.4 is 16.0 Å². The van der Waals surface area contributed by atoms with Gasteiger partial charge in [-0.15, -0.1) is 11.3 Å². The van der Waals surface area contributed by atoms with E-state index in [9.17, 15) is 18.0 Å². The van der Waals surface area contributed by atoms with Crippen LogP contribution in [0.25, 0.3) is 20.8 Å². The molecule has 4 rings (SSSR count). The van der Waals surface area contributed by atoms with E-state index in [1.54, 1.807) is 6.92 Å². The average Bonchev–Trinajstić information content (AvgIpc) is 3.36. The molecule has 1 fully saturated rings. The third kappa shape index (κ3) is 5.89. The fourth-order valence-electron chi connectivity index (χ4n) is 4.04. The van der Waals surface area contributed by atoms with Gasteiger partial charge in [0, 0.05) is 19.5 Å². The number of hydrogen-bond acceptors (Lipinski definition) is 7. The Morgan fingerprint density at radius 2 is 1.97 bits per heavy atom. The predicted molar refractivity (Wildman–Crippen MR) is 123 cm³/mol. The largest absolute Gasteiger partial charge is 0.405 e. The number of anilines is 2. The molecule has 2 atom stereocenters. The Hall–Kier alpha value is -2.95. The Bertz CT molecular complexity index is 1120. The highest BCUT2D eigenvalue weighted by Gasteiger charge is 2.29. The first-order valence-corrected chi connectivity index (χ1v) is 11.6. The van der Waals surface area contributed by atoms with Gasteiger partial charge in [0.25, 0.3) is 0 Å². The Labute approximate surface area is 193 Å². The zero-order valence-corrected chi connectivity index (χ0v) is 19.1. The van der Waals surface area contributed by atoms with E-state index in [1.165, 1.54) is 18.3 Å². The lowest BCUT2D eigenvalue weighted by Gasteiger charge is -2.19. The maximum Gasteiger partial charge on any atom is 0.405 e. The van der Waals surface area contributed by atoms with Gasteiger partial charge >= 0.3 is 6.18 Å². The molecule has 0 saturated heterocycles. The molecular formula is C22H25F3N6OS. The second-order valence-corrected chi connectivity index (χ2v) is 9.30. The van der Waals surface area contributed by atoms with Gasteiger partial charge in [0.2, 0.25) is 11.9 Å². The summed E-state index contributed by atoms with van der Waals surface area (Å²) in [5.41, 5.74) is 2.08. The molecule has 1 amide bonds. The number of aryl methyl sites for hydroxylation is 1. The van der Waals surface area contributed by atoms with Crippen molar-refractivity contribution in [2.24, 2.45) is 5.92 Å². The molecule has 3 N–H and O–H groups in total. The van der Waals surface area contributed by atoms with Gasteiger partial charge in [0.1, 0.15) is 17.4 Å². The monoisotopic (exact) mass is 478 g/mol. The van der Waals surface area contributed by atoms with E-state index in [-0.39, 0.29) is 17.9 Å². The molecule has 33 heavy (non-hydrogen) atoms. The fraction of sp³-hybridized carbons (Fsp3) is 0.455. The Kier molecular flexibility index (Phi) is 6.68. The van der Waals surface area contributed by atoms with Gasteiger partial charge in [-0.1, -0.05) is 12.1 Å². The van der Waals surface area contributed by atoms with E-state index < -0.39 is 12.7 Å². The van der Waals surface area contributed by atoms with Gasteiger partial charge in [-0.25, -0.2) is 9.97 Å². The van der Waals surface area contributed by atoms with Crippen LogP contribution in [-0.4, -0.2) is 46.2 Å². The summed E-state index contributed by atoms with van der Waals surface area (Å²) in [6.45, 7) is 2.64. The summed E-state index contributed by atoms with van der Waals surface area (Å²) in [4.78, 5) is 24.6. The van der Waals surface area contributed by atoms with Crippen molar-refractivity contribution in [1.29, 1.82) is 0 Å². The van der Waals surface area contributed by atoms with Gasteiger partial charge in [-0.05, 0) is 44.2 Å². The highest BCUT2D eigenvalue weighted by molar-refractivity contribution is 7.21. The lowest BCUT2D eigenvalue weighted by molar-refractivity contribution is -0.119. The second-order valence-electron chi connectivity index (χ2n) is 8.27. The smallest absolute Gasteiger partial charge is 0.367 e. The fourth-order valence-corrected chi connectivity index (χ4v) is 5.11. The summed E-state index contributed by atoms with van der Waals surface area (Å²) >= 11 is 1.49. The third-order valence-corrected chi connectivity index (χ3v) is 6.62. The van der Waals surface area contributed by atoms with Gasteiger partial charge in [0.15, 0.2) is 0 Å². The minimum absolute atomic E-state index is 0.0589. The van der Waals surface area contributed by atoms with Crippen LogP contribution >= 0.6 is 11.3 Å². The Morgan fingerprint density at radius 3 is 2.70 bits per heavy atom. The quantitative estimate of drug-likeness (QED) is 0.454. The van der Waals surface area contributed by atoms with Crippen molar-refractivity contribution in [2.75, 3.05) is 23.7 Å². The number of nitrogens with zero attached hydrogens (tertiary/aromatic N) is 3. The molecule has 1 aromatic carbocycles. The molecule has 176 valence electrons. The van der Waals surface area contributed by atoms with E-state index in [0.29, 0.717) is 34.5 Å². The summed E-state index contributed by atoms with van der Waals surface area (Å²) in [5, 5.41) is 9.29. The molecule has 2 heterocycles. The molecule has 0 aliphatic heterocycles. The van der Waals surface area contributed by atoms with E-state index in [1.807, 2.05) is 24.3 Å². The first-order chi connectivity index (χ1) is 15.7. The predicted octanol–water partition coefficient (Wildman–Crippen LogP) is 4.75. The van der Waals surface area contributed by atoms with Crippen LogP contribution in [0.1, 0.15) is 31.9 Å². The highest BCUT2D eigenvalue weighted by Crippen LogP contribution is 2.38. The number of carbonyl (C=O) groups excluding carboxylic acids is 1. The van der Waals surface area contributed by atoms with Crippen molar-refractivity contribution in [3.05, 3.63) is 30.0 Å². The molecule has 1 aliphatic carbocycles. The van der Waals surface area contributed by atoms with Crippen LogP contribution in [0.5, 0.6) is 0 Å². The normalized spacial score (nSPS) is 18.5. The average molecular weight is 479 g/mol. The van der Waals surface area contributed by atoms with E-state index in [4.69, 9.17) is 4.98 Å². The van der Waals surface area contributed by atoms with Crippen LogP contribution in [-0.2, 0) is 4.79 Å². The number of rotatable bonds is 7. The van der Waals surface area contributed by atoms with Crippen LogP contribution in [0.3, 0.4) is 0 Å². The molecule has 0 unspecified atom stereocenters. The number of fused-ring (bicyclic) bond motifs is 1. The van der Waals surface area contributed by atoms with E-state index >= 15 is 0 Å². The lowest BCUT2D eigenvalue weighted by atomic mass is 10.1. The van der Waals surface area contributed by atoms with Crippen molar-refractivity contribution in [2.45, 2.75) is 45.3 Å². The van der Waals surface area contributed by atoms with Crippen LogP contribution in [0.2, 0.25) is 0 Å². The molecule has 0 bridgehead atoms. The molecule has 0 spiro atoms. The summed E-state index contributed by atoms with van der Waals surface area (Å²) in [6.07, 6.45) is -1.73. The third-order valence-electron chi connectivity index (χ3n) is 5.57. The number of thiazole rings is 1. The maximum absolute atomic E-state index is 12.7. The lowest BCUT2D eigenvalue weighted by Crippen LogP contribution is -2.27. The molecular weight excluding hydrogens is 453 g/mol. The first kappa shape index (κ1) is 23.2. The minimum Gasteiger partial charge on any atom is -0.367 e. The number of hydrogen-bond donors (Lipinski definition) is 3. The number of para-hydroxylation sites is 1. The number of alkyl halides is 3.